The van der Waals surface area contributed by atoms with E-state index < -0.39 is 28.9 Å². The minimum absolute atomic E-state index is 0.0661. The number of carboxylic acid groups (broad SMARTS) is 1. The summed E-state index contributed by atoms with van der Waals surface area (Å²) in [5.74, 6) is -2.16. The molecule has 0 radical (unpaired) electrons. The zero-order valence-electron chi connectivity index (χ0n) is 24.4. The number of aryl methyl sites for hydroxylation is 1. The molecule has 8 heteroatoms. The lowest BCUT2D eigenvalue weighted by Gasteiger charge is -2.32. The van der Waals surface area contributed by atoms with Crippen molar-refractivity contribution in [3.8, 4) is 22.8 Å². The van der Waals surface area contributed by atoms with Gasteiger partial charge < -0.3 is 19.3 Å². The van der Waals surface area contributed by atoms with Crippen molar-refractivity contribution in [1.82, 2.24) is 4.98 Å². The molecule has 1 heterocycles. The van der Waals surface area contributed by atoms with Crippen LogP contribution in [0.15, 0.2) is 42.6 Å². The van der Waals surface area contributed by atoms with E-state index in [1.807, 2.05) is 52.0 Å². The van der Waals surface area contributed by atoms with Gasteiger partial charge in [-0.05, 0) is 65.0 Å². The van der Waals surface area contributed by atoms with Crippen molar-refractivity contribution < 1.29 is 32.9 Å². The van der Waals surface area contributed by atoms with E-state index in [0.717, 1.165) is 35.7 Å². The lowest BCUT2D eigenvalue weighted by molar-refractivity contribution is -0.139. The van der Waals surface area contributed by atoms with Crippen molar-refractivity contribution in [2.24, 2.45) is 17.3 Å². The van der Waals surface area contributed by atoms with Gasteiger partial charge in [-0.25, -0.2) is 13.8 Å². The van der Waals surface area contributed by atoms with Crippen molar-refractivity contribution >= 4 is 5.97 Å². The zero-order valence-corrected chi connectivity index (χ0v) is 24.4. The summed E-state index contributed by atoms with van der Waals surface area (Å²) in [6, 6.07) is 10.6. The predicted molar refractivity (Wildman–Crippen MR) is 151 cm³/mol. The lowest BCUT2D eigenvalue weighted by Crippen LogP contribution is -2.24. The molecule has 2 aromatic carbocycles. The van der Waals surface area contributed by atoms with Gasteiger partial charge in [-0.1, -0.05) is 45.9 Å². The molecule has 1 aromatic heterocycles. The number of methoxy groups -OCH3 is 2. The Morgan fingerprint density at radius 2 is 1.90 bits per heavy atom. The number of rotatable bonds is 8. The Morgan fingerprint density at radius 1 is 1.15 bits per heavy atom. The van der Waals surface area contributed by atoms with Crippen molar-refractivity contribution in [2.45, 2.75) is 65.1 Å². The number of benzene rings is 2. The Balaban J connectivity index is 1.50. The van der Waals surface area contributed by atoms with E-state index in [1.54, 1.807) is 19.2 Å². The number of hydrogen-bond donors (Lipinski definition) is 1. The van der Waals surface area contributed by atoms with Crippen molar-refractivity contribution in [1.29, 1.82) is 0 Å². The van der Waals surface area contributed by atoms with Gasteiger partial charge in [0.05, 0.1) is 25.3 Å². The number of hydrogen-bond acceptors (Lipinski definition) is 5. The third kappa shape index (κ3) is 4.96. The van der Waals surface area contributed by atoms with E-state index in [2.05, 4.69) is 4.98 Å². The van der Waals surface area contributed by atoms with Gasteiger partial charge in [-0.2, -0.15) is 0 Å². The average molecular weight is 566 g/mol. The fraction of sp³-hybridized carbons (Fsp3) is 0.455. The maximum absolute atomic E-state index is 16.0. The van der Waals surface area contributed by atoms with Gasteiger partial charge in [-0.3, -0.25) is 4.79 Å². The first-order chi connectivity index (χ1) is 19.4. The van der Waals surface area contributed by atoms with Gasteiger partial charge in [0.25, 0.3) is 0 Å². The monoisotopic (exact) mass is 565 g/mol. The molecule has 41 heavy (non-hydrogen) atoms. The highest BCUT2D eigenvalue weighted by Gasteiger charge is 2.68. The van der Waals surface area contributed by atoms with Crippen LogP contribution >= 0.6 is 0 Å². The number of aromatic nitrogens is 1. The first kappa shape index (κ1) is 29.0. The van der Waals surface area contributed by atoms with Gasteiger partial charge >= 0.3 is 5.97 Å². The van der Waals surface area contributed by atoms with Crippen LogP contribution in [0, 0.1) is 28.9 Å². The number of carboxylic acids is 1. The fourth-order valence-electron chi connectivity index (χ4n) is 6.96. The Bertz CT molecular complexity index is 1480. The van der Waals surface area contributed by atoms with Gasteiger partial charge in [0, 0.05) is 29.7 Å². The molecule has 3 aromatic rings. The molecule has 218 valence electrons. The summed E-state index contributed by atoms with van der Waals surface area (Å²) in [7, 11) is 3.10. The van der Waals surface area contributed by atoms with Gasteiger partial charge in [0.1, 0.15) is 12.4 Å². The third-order valence-corrected chi connectivity index (χ3v) is 8.86. The molecule has 0 bridgehead atoms. The van der Waals surface area contributed by atoms with Crippen LogP contribution in [0.25, 0.3) is 11.1 Å². The van der Waals surface area contributed by atoms with Gasteiger partial charge in [-0.15, -0.1) is 0 Å². The van der Waals surface area contributed by atoms with Crippen molar-refractivity contribution in [3.05, 3.63) is 76.5 Å². The molecule has 2 aliphatic rings. The molecular weight excluding hydrogens is 528 g/mol. The van der Waals surface area contributed by atoms with E-state index >= 15 is 4.39 Å². The van der Waals surface area contributed by atoms with Gasteiger partial charge in [0.2, 0.25) is 5.88 Å². The smallest absolute Gasteiger partial charge is 0.307 e. The van der Waals surface area contributed by atoms with Crippen LogP contribution in [0.5, 0.6) is 11.6 Å². The Labute approximate surface area is 239 Å². The van der Waals surface area contributed by atoms with Crippen LogP contribution in [-0.4, -0.2) is 30.3 Å². The number of fused-ring (bicyclic) bond motifs is 2. The molecule has 1 fully saturated rings. The molecule has 4 atom stereocenters. The van der Waals surface area contributed by atoms with Crippen molar-refractivity contribution in [3.63, 3.8) is 0 Å². The number of pyridine rings is 1. The quantitative estimate of drug-likeness (QED) is 0.310. The molecule has 5 rings (SSSR count). The zero-order chi connectivity index (χ0) is 29.7. The van der Waals surface area contributed by atoms with Gasteiger partial charge in [0.15, 0.2) is 11.6 Å². The molecule has 0 aliphatic heterocycles. The molecule has 1 N–H and O–H groups in total. The number of halogens is 2. The van der Waals surface area contributed by atoms with E-state index in [9.17, 15) is 14.3 Å². The summed E-state index contributed by atoms with van der Waals surface area (Å²) in [6.45, 7) is 8.08. The molecule has 1 spiro atoms. The van der Waals surface area contributed by atoms with Crippen molar-refractivity contribution in [2.75, 3.05) is 14.2 Å². The standard InChI is InChI=1S/C33H37F2NO5/c1-18-27(31(37)38)33(18)13-7-8-20-10-12-25(29(35)28(20)33)41-17-19-9-11-21(22-15-26(39-5)36-16-24(22)34)23(14-19)30(40-6)32(2,3)4/h9-12,14-16,18,27,30H,7-8,13,17H2,1-6H3,(H,37,38). The summed E-state index contributed by atoms with van der Waals surface area (Å²) in [5.41, 5.74) is 2.86. The van der Waals surface area contributed by atoms with Crippen LogP contribution in [0.4, 0.5) is 8.78 Å². The lowest BCUT2D eigenvalue weighted by atomic mass is 9.77. The van der Waals surface area contributed by atoms with Crippen LogP contribution in [0.2, 0.25) is 0 Å². The van der Waals surface area contributed by atoms with Crippen LogP contribution in [0.1, 0.15) is 68.9 Å². The number of carbonyl (C=O) groups is 1. The molecule has 0 amide bonds. The Morgan fingerprint density at radius 3 is 2.54 bits per heavy atom. The topological polar surface area (TPSA) is 77.9 Å². The minimum atomic E-state index is -0.876. The minimum Gasteiger partial charge on any atom is -0.486 e. The van der Waals surface area contributed by atoms with E-state index in [4.69, 9.17) is 14.2 Å². The van der Waals surface area contributed by atoms with Crippen LogP contribution < -0.4 is 9.47 Å². The summed E-state index contributed by atoms with van der Waals surface area (Å²) in [4.78, 5) is 15.9. The molecule has 1 saturated carbocycles. The molecule has 4 unspecified atom stereocenters. The maximum atomic E-state index is 16.0. The highest BCUT2D eigenvalue weighted by molar-refractivity contribution is 5.79. The largest absolute Gasteiger partial charge is 0.486 e. The first-order valence-electron chi connectivity index (χ1n) is 14.0. The highest BCUT2D eigenvalue weighted by atomic mass is 19.1. The summed E-state index contributed by atoms with van der Waals surface area (Å²) in [6.07, 6.45) is 2.97. The second-order valence-corrected chi connectivity index (χ2v) is 12.3. The maximum Gasteiger partial charge on any atom is 0.307 e. The second kappa shape index (κ2) is 10.7. The Hall–Kier alpha value is -3.52. The SMILES string of the molecule is COc1cc(-c2ccc(COc3ccc4c(c3F)C3(CCC4)C(C)C3C(=O)O)cc2C(OC)C(C)(C)C)c(F)cn1. The number of ether oxygens (including phenoxy) is 3. The molecule has 2 aliphatic carbocycles. The predicted octanol–water partition coefficient (Wildman–Crippen LogP) is 7.27. The first-order valence-corrected chi connectivity index (χ1v) is 14.0. The van der Waals surface area contributed by atoms with E-state index in [0.29, 0.717) is 29.0 Å². The fourth-order valence-corrected chi connectivity index (χ4v) is 6.96. The van der Waals surface area contributed by atoms with Crippen LogP contribution in [-0.2, 0) is 28.0 Å². The number of nitrogens with zero attached hydrogens (tertiary/aromatic N) is 1. The summed E-state index contributed by atoms with van der Waals surface area (Å²) < 4.78 is 48.2. The highest BCUT2D eigenvalue weighted by Crippen LogP contribution is 2.66. The average Bonchev–Trinajstić information content (AvgIpc) is 3.51. The van der Waals surface area contributed by atoms with Crippen LogP contribution in [0.3, 0.4) is 0 Å². The van der Waals surface area contributed by atoms with E-state index in [1.165, 1.54) is 7.11 Å². The molecule has 6 nitrogen and oxygen atoms in total. The third-order valence-electron chi connectivity index (χ3n) is 8.86. The summed E-state index contributed by atoms with van der Waals surface area (Å²) in [5, 5.41) is 9.78. The summed E-state index contributed by atoms with van der Waals surface area (Å²) >= 11 is 0. The second-order valence-electron chi connectivity index (χ2n) is 12.3. The van der Waals surface area contributed by atoms with E-state index in [-0.39, 0.29) is 29.8 Å². The normalized spacial score (nSPS) is 22.2. The Kier molecular flexibility index (Phi) is 7.57. The molecule has 0 saturated heterocycles. The number of aliphatic carboxylic acids is 1. The molecular formula is C33H37F2NO5.